The number of allylic oxidation sites excluding steroid dienone is 1. The molecule has 0 amide bonds. The fraction of sp³-hybridized carbons (Fsp3) is 0.889. The zero-order chi connectivity index (χ0) is 21.8. The molecule has 3 heteroatoms. The second-order valence-corrected chi connectivity index (χ2v) is 12.2. The molecule has 0 saturated heterocycles. The van der Waals surface area contributed by atoms with Crippen LogP contribution in [0.4, 0.5) is 0 Å². The zero-order valence-corrected chi connectivity index (χ0v) is 19.9. The van der Waals surface area contributed by atoms with Crippen LogP contribution in [0.3, 0.4) is 0 Å². The summed E-state index contributed by atoms with van der Waals surface area (Å²) >= 11 is 0. The molecule has 0 bridgehead atoms. The van der Waals surface area contributed by atoms with Crippen LogP contribution in [-0.4, -0.2) is 28.2 Å². The molecule has 9 unspecified atom stereocenters. The lowest BCUT2D eigenvalue weighted by molar-refractivity contribution is -0.157. The van der Waals surface area contributed by atoms with Crippen LogP contribution in [0.1, 0.15) is 92.4 Å². The summed E-state index contributed by atoms with van der Waals surface area (Å²) in [5.41, 5.74) is 1.03. The van der Waals surface area contributed by atoms with Gasteiger partial charge in [-0.25, -0.2) is 0 Å². The van der Waals surface area contributed by atoms with E-state index in [-0.39, 0.29) is 22.9 Å². The summed E-state index contributed by atoms with van der Waals surface area (Å²) < 4.78 is 0. The number of hydrogen-bond donors (Lipinski definition) is 2. The van der Waals surface area contributed by atoms with Crippen molar-refractivity contribution in [2.75, 3.05) is 0 Å². The van der Waals surface area contributed by atoms with Crippen molar-refractivity contribution in [1.29, 1.82) is 0 Å². The normalized spacial score (nSPS) is 46.8. The van der Waals surface area contributed by atoms with Crippen molar-refractivity contribution >= 4 is 5.78 Å². The first kappa shape index (κ1) is 22.5. The van der Waals surface area contributed by atoms with Gasteiger partial charge in [-0.2, -0.15) is 0 Å². The molecule has 30 heavy (non-hydrogen) atoms. The smallest absolute Gasteiger partial charge is 0.136 e. The first-order valence-electron chi connectivity index (χ1n) is 12.7. The molecular formula is C27H44O3. The van der Waals surface area contributed by atoms with E-state index in [4.69, 9.17) is 0 Å². The molecule has 2 N–H and O–H groups in total. The molecule has 170 valence electrons. The first-order chi connectivity index (χ1) is 14.1. The summed E-state index contributed by atoms with van der Waals surface area (Å²) in [6.45, 7) is 11.7. The number of aliphatic hydroxyl groups is 2. The molecule has 4 aliphatic carbocycles. The van der Waals surface area contributed by atoms with Gasteiger partial charge in [0.25, 0.3) is 0 Å². The highest BCUT2D eigenvalue weighted by atomic mass is 16.3. The first-order valence-corrected chi connectivity index (χ1v) is 12.7. The van der Waals surface area contributed by atoms with E-state index in [1.54, 1.807) is 0 Å². The predicted octanol–water partition coefficient (Wildman–Crippen LogP) is 5.54. The van der Waals surface area contributed by atoms with Crippen molar-refractivity contribution in [3.63, 3.8) is 0 Å². The van der Waals surface area contributed by atoms with Crippen LogP contribution in [0.5, 0.6) is 0 Å². The molecule has 0 aromatic heterocycles. The SMILES string of the molecule is CC(C)CCCC(C)C1CCC2C3C(O)C=C4CC(=O)CCC4(C)C3CC(O)C12C. The van der Waals surface area contributed by atoms with Gasteiger partial charge in [0.2, 0.25) is 0 Å². The molecule has 0 aliphatic heterocycles. The van der Waals surface area contributed by atoms with Crippen molar-refractivity contribution in [3.05, 3.63) is 11.6 Å². The van der Waals surface area contributed by atoms with Gasteiger partial charge in [-0.3, -0.25) is 4.79 Å². The predicted molar refractivity (Wildman–Crippen MR) is 121 cm³/mol. The van der Waals surface area contributed by atoms with Gasteiger partial charge >= 0.3 is 0 Å². The molecule has 0 spiro atoms. The van der Waals surface area contributed by atoms with Gasteiger partial charge in [-0.1, -0.05) is 65.5 Å². The van der Waals surface area contributed by atoms with Gasteiger partial charge in [0.05, 0.1) is 12.2 Å². The lowest BCUT2D eigenvalue weighted by atomic mass is 9.45. The molecule has 0 heterocycles. The Morgan fingerprint density at radius 3 is 2.53 bits per heavy atom. The van der Waals surface area contributed by atoms with Gasteiger partial charge in [0.1, 0.15) is 5.78 Å². The summed E-state index contributed by atoms with van der Waals surface area (Å²) in [6.07, 6.45) is 10.2. The fourth-order valence-corrected chi connectivity index (χ4v) is 8.45. The zero-order valence-electron chi connectivity index (χ0n) is 19.9. The molecule has 3 fully saturated rings. The van der Waals surface area contributed by atoms with E-state index in [0.29, 0.717) is 42.3 Å². The van der Waals surface area contributed by atoms with E-state index in [0.717, 1.165) is 30.8 Å². The summed E-state index contributed by atoms with van der Waals surface area (Å²) in [7, 11) is 0. The van der Waals surface area contributed by atoms with E-state index in [1.807, 2.05) is 0 Å². The highest BCUT2D eigenvalue weighted by Crippen LogP contribution is 2.67. The Balaban J connectivity index is 1.59. The van der Waals surface area contributed by atoms with E-state index in [9.17, 15) is 15.0 Å². The van der Waals surface area contributed by atoms with Gasteiger partial charge in [0.15, 0.2) is 0 Å². The fourth-order valence-electron chi connectivity index (χ4n) is 8.45. The maximum atomic E-state index is 12.1. The van der Waals surface area contributed by atoms with Crippen molar-refractivity contribution in [1.82, 2.24) is 0 Å². The molecular weight excluding hydrogens is 372 g/mol. The van der Waals surface area contributed by atoms with Gasteiger partial charge in [-0.15, -0.1) is 0 Å². The standard InChI is InChI=1S/C27H44O3/c1-16(2)7-6-8-17(3)20-9-10-21-25-22(15-24(30)27(20,21)5)26(4)12-11-19(28)13-18(26)14-23(25)29/h14,16-17,20-25,29-30H,6-13,15H2,1-5H3. The largest absolute Gasteiger partial charge is 0.393 e. The Labute approximate surface area is 183 Å². The second kappa shape index (κ2) is 8.03. The van der Waals surface area contributed by atoms with Gasteiger partial charge < -0.3 is 10.2 Å². The molecule has 0 radical (unpaired) electrons. The van der Waals surface area contributed by atoms with Gasteiger partial charge in [-0.05, 0) is 72.0 Å². The number of hydrogen-bond acceptors (Lipinski definition) is 3. The number of ketones is 1. The number of aliphatic hydroxyl groups excluding tert-OH is 2. The Morgan fingerprint density at radius 1 is 1.10 bits per heavy atom. The summed E-state index contributed by atoms with van der Waals surface area (Å²) in [5, 5.41) is 22.8. The minimum atomic E-state index is -0.462. The molecule has 0 aromatic rings. The van der Waals surface area contributed by atoms with Crippen LogP contribution >= 0.6 is 0 Å². The number of Topliss-reactive ketones (excluding diaryl/α,β-unsaturated/α-hetero) is 1. The maximum Gasteiger partial charge on any atom is 0.136 e. The Bertz CT molecular complexity index is 696. The van der Waals surface area contributed by atoms with Crippen molar-refractivity contribution in [2.24, 2.45) is 46.3 Å². The quantitative estimate of drug-likeness (QED) is 0.579. The number of carbonyl (C=O) groups excluding carboxylic acids is 1. The average molecular weight is 417 g/mol. The lowest BCUT2D eigenvalue weighted by Crippen LogP contribution is -2.59. The number of fused-ring (bicyclic) bond motifs is 5. The third-order valence-electron chi connectivity index (χ3n) is 10.3. The highest BCUT2D eigenvalue weighted by Gasteiger charge is 2.64. The Morgan fingerprint density at radius 2 is 1.83 bits per heavy atom. The van der Waals surface area contributed by atoms with Crippen molar-refractivity contribution < 1.29 is 15.0 Å². The van der Waals surface area contributed by atoms with Gasteiger partial charge in [0, 0.05) is 12.8 Å². The minimum Gasteiger partial charge on any atom is -0.393 e. The van der Waals surface area contributed by atoms with Crippen molar-refractivity contribution in [2.45, 2.75) is 105 Å². The van der Waals surface area contributed by atoms with Crippen LogP contribution in [0, 0.1) is 46.3 Å². The monoisotopic (exact) mass is 416 g/mol. The molecule has 3 saturated carbocycles. The second-order valence-electron chi connectivity index (χ2n) is 12.2. The van der Waals surface area contributed by atoms with Crippen LogP contribution in [0.25, 0.3) is 0 Å². The van der Waals surface area contributed by atoms with Crippen LogP contribution in [-0.2, 0) is 4.79 Å². The molecule has 0 aromatic carbocycles. The number of rotatable bonds is 5. The molecule has 3 nitrogen and oxygen atoms in total. The molecule has 9 atom stereocenters. The van der Waals surface area contributed by atoms with E-state index >= 15 is 0 Å². The topological polar surface area (TPSA) is 57.5 Å². The minimum absolute atomic E-state index is 0.0267. The lowest BCUT2D eigenvalue weighted by Gasteiger charge is -2.60. The van der Waals surface area contributed by atoms with E-state index in [1.165, 1.54) is 25.7 Å². The van der Waals surface area contributed by atoms with E-state index < -0.39 is 6.10 Å². The van der Waals surface area contributed by atoms with E-state index in [2.05, 4.69) is 40.7 Å². The Kier molecular flexibility index (Phi) is 6.03. The molecule has 4 aliphatic rings. The van der Waals surface area contributed by atoms with Crippen LogP contribution < -0.4 is 0 Å². The summed E-state index contributed by atoms with van der Waals surface area (Å²) in [4.78, 5) is 12.1. The molecule has 4 rings (SSSR count). The Hall–Kier alpha value is -0.670. The van der Waals surface area contributed by atoms with Crippen LogP contribution in [0.15, 0.2) is 11.6 Å². The maximum absolute atomic E-state index is 12.1. The van der Waals surface area contributed by atoms with Crippen molar-refractivity contribution in [3.8, 4) is 0 Å². The summed E-state index contributed by atoms with van der Waals surface area (Å²) in [6, 6.07) is 0. The average Bonchev–Trinajstić information content (AvgIpc) is 3.02. The highest BCUT2D eigenvalue weighted by molar-refractivity contribution is 5.82. The number of carbonyl (C=O) groups is 1. The third-order valence-corrected chi connectivity index (χ3v) is 10.3. The summed E-state index contributed by atoms with van der Waals surface area (Å²) in [5.74, 6) is 3.14. The third kappa shape index (κ3) is 3.43. The van der Waals surface area contributed by atoms with Crippen LogP contribution in [0.2, 0.25) is 0 Å².